The maximum absolute atomic E-state index is 13.3. The fraction of sp³-hybridized carbons (Fsp3) is 0.357. The number of carbonyl (C=O) groups is 3. The molecule has 0 radical (unpaired) electrons. The number of hydrogen-bond donors (Lipinski definition) is 1. The molecule has 1 N–H and O–H groups in total. The third-order valence-electron chi connectivity index (χ3n) is 8.56. The lowest BCUT2D eigenvalue weighted by molar-refractivity contribution is -0.150. The summed E-state index contributed by atoms with van der Waals surface area (Å²) in [4.78, 5) is 39.2. The zero-order valence-corrected chi connectivity index (χ0v) is 30.3. The summed E-state index contributed by atoms with van der Waals surface area (Å²) in [5.74, 6) is -1.06. The number of halogens is 3. The molecule has 0 saturated heterocycles. The van der Waals surface area contributed by atoms with Crippen molar-refractivity contribution in [3.05, 3.63) is 132 Å². The smallest absolute Gasteiger partial charge is 0.412 e. The molecule has 2 atom stereocenters. The minimum absolute atomic E-state index is 0.00402. The molecule has 0 heterocycles. The van der Waals surface area contributed by atoms with Crippen LogP contribution in [0.2, 0.25) is 0 Å². The van der Waals surface area contributed by atoms with Crippen molar-refractivity contribution in [2.45, 2.75) is 77.3 Å². The molecule has 0 aromatic heterocycles. The first-order valence-corrected chi connectivity index (χ1v) is 17.4. The van der Waals surface area contributed by atoms with Crippen LogP contribution in [-0.4, -0.2) is 43.8 Å². The number of para-hydroxylation sites is 1. The van der Waals surface area contributed by atoms with Gasteiger partial charge in [-0.15, -0.1) is 0 Å². The van der Waals surface area contributed by atoms with Gasteiger partial charge in [-0.2, -0.15) is 13.2 Å². The Kier molecular flexibility index (Phi) is 15.9. The van der Waals surface area contributed by atoms with Crippen molar-refractivity contribution in [2.75, 3.05) is 25.1 Å². The van der Waals surface area contributed by atoms with E-state index >= 15 is 0 Å². The van der Waals surface area contributed by atoms with Crippen LogP contribution in [0.4, 0.5) is 18.9 Å². The highest BCUT2D eigenvalue weighted by atomic mass is 19.4. The quantitative estimate of drug-likeness (QED) is 0.0575. The zero-order chi connectivity index (χ0) is 38.1. The Morgan fingerprint density at radius 2 is 1.58 bits per heavy atom. The minimum Gasteiger partial charge on any atom is -0.491 e. The molecule has 3 aromatic carbocycles. The van der Waals surface area contributed by atoms with Crippen LogP contribution in [-0.2, 0) is 42.1 Å². The lowest BCUT2D eigenvalue weighted by Crippen LogP contribution is -2.35. The number of nitrogens with one attached hydrogen (secondary N) is 1. The Morgan fingerprint density at radius 3 is 2.25 bits per heavy atom. The first kappa shape index (κ1) is 41.3. The maximum Gasteiger partial charge on any atom is 0.412 e. The third-order valence-corrected chi connectivity index (χ3v) is 8.56. The molecule has 0 aliphatic carbocycles. The van der Waals surface area contributed by atoms with Gasteiger partial charge in [-0.3, -0.25) is 14.4 Å². The summed E-state index contributed by atoms with van der Waals surface area (Å²) in [5, 5.41) is 2.90. The highest BCUT2D eigenvalue weighted by Gasteiger charge is 2.36. The fourth-order valence-electron chi connectivity index (χ4n) is 5.85. The van der Waals surface area contributed by atoms with Crippen molar-refractivity contribution in [2.24, 2.45) is 0 Å². The van der Waals surface area contributed by atoms with Crippen LogP contribution in [0, 0.1) is 0 Å². The van der Waals surface area contributed by atoms with Gasteiger partial charge in [-0.05, 0) is 68.7 Å². The van der Waals surface area contributed by atoms with Crippen LogP contribution >= 0.6 is 0 Å². The Morgan fingerprint density at radius 1 is 0.885 bits per heavy atom. The third kappa shape index (κ3) is 12.0. The number of carbonyl (C=O) groups excluding carboxylic acids is 3. The SMILES string of the molecule is C=C/C=C(\C/C=C\C(C)c1ccccc1CC(=O)Nc1cccc(CC(=O)OCCCC(C)(C(=O)OCC)c2ccccc2)c1OCC)C(F)(F)F. The molecular formula is C42H48F3NO6. The summed E-state index contributed by atoms with van der Waals surface area (Å²) in [5.41, 5.74) is 1.69. The van der Waals surface area contributed by atoms with Crippen molar-refractivity contribution in [1.82, 2.24) is 0 Å². The van der Waals surface area contributed by atoms with Crippen LogP contribution in [0.3, 0.4) is 0 Å². The molecule has 0 aliphatic rings. The van der Waals surface area contributed by atoms with E-state index in [1.54, 1.807) is 44.2 Å². The average molecular weight is 720 g/mol. The predicted molar refractivity (Wildman–Crippen MR) is 197 cm³/mol. The summed E-state index contributed by atoms with van der Waals surface area (Å²) in [7, 11) is 0. The lowest BCUT2D eigenvalue weighted by atomic mass is 9.78. The standard InChI is InChI=1S/C42H48F3NO6/c1-6-17-34(42(43,44)45)23-14-18-30(4)35-24-13-12-19-31(35)28-37(47)46-36-25-15-20-32(39(36)50-7-2)29-38(48)52-27-16-26-41(5,40(49)51-8-3)33-21-10-9-11-22-33/h6,9-15,17-22,24-25,30H,1,7-8,16,23,26-29H2,2-5H3,(H,46,47)/b18-14-,34-17+. The highest BCUT2D eigenvalue weighted by molar-refractivity contribution is 5.94. The monoisotopic (exact) mass is 719 g/mol. The van der Waals surface area contributed by atoms with E-state index in [2.05, 4.69) is 11.9 Å². The molecule has 10 heteroatoms. The van der Waals surface area contributed by atoms with Crippen molar-refractivity contribution < 1.29 is 41.8 Å². The number of rotatable bonds is 19. The summed E-state index contributed by atoms with van der Waals surface area (Å²) in [6.07, 6.45) is 1.25. The van der Waals surface area contributed by atoms with E-state index in [-0.39, 0.29) is 56.9 Å². The molecule has 3 rings (SSSR count). The number of ether oxygens (including phenoxy) is 3. The van der Waals surface area contributed by atoms with E-state index < -0.39 is 23.1 Å². The van der Waals surface area contributed by atoms with Gasteiger partial charge >= 0.3 is 18.1 Å². The van der Waals surface area contributed by atoms with E-state index in [0.717, 1.165) is 28.8 Å². The van der Waals surface area contributed by atoms with Gasteiger partial charge in [0.05, 0.1) is 43.8 Å². The Bertz CT molecular complexity index is 1720. The second kappa shape index (κ2) is 20.1. The van der Waals surface area contributed by atoms with E-state index in [1.165, 1.54) is 6.08 Å². The number of anilines is 1. The molecule has 0 saturated carbocycles. The summed E-state index contributed by atoms with van der Waals surface area (Å²) < 4.78 is 56.6. The van der Waals surface area contributed by atoms with E-state index in [0.29, 0.717) is 29.8 Å². The molecule has 3 aromatic rings. The molecule has 278 valence electrons. The normalized spacial score (nSPS) is 13.6. The molecule has 0 fully saturated rings. The van der Waals surface area contributed by atoms with E-state index in [1.807, 2.05) is 62.4 Å². The van der Waals surface area contributed by atoms with Gasteiger partial charge in [0.1, 0.15) is 5.75 Å². The van der Waals surface area contributed by atoms with Crippen LogP contribution in [0.1, 0.15) is 75.1 Å². The van der Waals surface area contributed by atoms with Crippen LogP contribution < -0.4 is 10.1 Å². The predicted octanol–water partition coefficient (Wildman–Crippen LogP) is 9.38. The lowest BCUT2D eigenvalue weighted by Gasteiger charge is -2.27. The number of alkyl halides is 3. The number of amides is 1. The van der Waals surface area contributed by atoms with Crippen molar-refractivity contribution in [1.29, 1.82) is 0 Å². The number of hydrogen-bond acceptors (Lipinski definition) is 6. The Labute approximate surface area is 304 Å². The minimum atomic E-state index is -4.45. The van der Waals surface area contributed by atoms with Crippen molar-refractivity contribution >= 4 is 23.5 Å². The molecule has 1 amide bonds. The largest absolute Gasteiger partial charge is 0.491 e. The maximum atomic E-state index is 13.3. The van der Waals surface area contributed by atoms with E-state index in [9.17, 15) is 27.6 Å². The summed E-state index contributed by atoms with van der Waals surface area (Å²) in [6.45, 7) is 11.2. The number of allylic oxidation sites excluding steroid dienone is 5. The molecule has 7 nitrogen and oxygen atoms in total. The summed E-state index contributed by atoms with van der Waals surface area (Å²) in [6, 6.07) is 21.8. The first-order valence-electron chi connectivity index (χ1n) is 17.4. The fourth-order valence-corrected chi connectivity index (χ4v) is 5.85. The Balaban J connectivity index is 1.65. The van der Waals surface area contributed by atoms with Crippen LogP contribution in [0.15, 0.2) is 109 Å². The second-order valence-corrected chi connectivity index (χ2v) is 12.4. The van der Waals surface area contributed by atoms with Crippen molar-refractivity contribution in [3.63, 3.8) is 0 Å². The topological polar surface area (TPSA) is 90.9 Å². The van der Waals surface area contributed by atoms with Gasteiger partial charge in [-0.1, -0.05) is 105 Å². The highest BCUT2D eigenvalue weighted by Crippen LogP contribution is 2.33. The number of benzene rings is 3. The van der Waals surface area contributed by atoms with Gasteiger partial charge < -0.3 is 19.5 Å². The zero-order valence-electron chi connectivity index (χ0n) is 30.3. The van der Waals surface area contributed by atoms with Crippen LogP contribution in [0.5, 0.6) is 5.75 Å². The van der Waals surface area contributed by atoms with Gasteiger partial charge in [0.2, 0.25) is 5.91 Å². The first-order chi connectivity index (χ1) is 24.8. The average Bonchev–Trinajstić information content (AvgIpc) is 3.11. The molecular weight excluding hydrogens is 671 g/mol. The van der Waals surface area contributed by atoms with Gasteiger partial charge in [-0.25, -0.2) is 0 Å². The molecule has 0 spiro atoms. The second-order valence-electron chi connectivity index (χ2n) is 12.4. The van der Waals surface area contributed by atoms with Gasteiger partial charge in [0.15, 0.2) is 0 Å². The molecule has 0 bridgehead atoms. The van der Waals surface area contributed by atoms with Gasteiger partial charge in [0.25, 0.3) is 0 Å². The van der Waals surface area contributed by atoms with Crippen molar-refractivity contribution in [3.8, 4) is 5.75 Å². The van der Waals surface area contributed by atoms with E-state index in [4.69, 9.17) is 14.2 Å². The molecule has 2 unspecified atom stereocenters. The van der Waals surface area contributed by atoms with Gasteiger partial charge in [0, 0.05) is 11.1 Å². The Hall–Kier alpha value is -5.12. The molecule has 0 aliphatic heterocycles. The number of esters is 2. The summed E-state index contributed by atoms with van der Waals surface area (Å²) >= 11 is 0. The molecule has 52 heavy (non-hydrogen) atoms. The van der Waals surface area contributed by atoms with Crippen LogP contribution in [0.25, 0.3) is 0 Å².